The molecule has 0 unspecified atom stereocenters. The third-order valence-electron chi connectivity index (χ3n) is 8.77. The Morgan fingerprint density at radius 2 is 0.943 bits per heavy atom. The van der Waals surface area contributed by atoms with Gasteiger partial charge in [-0.05, 0) is 60.4 Å². The molecule has 53 heavy (non-hydrogen) atoms. The van der Waals surface area contributed by atoms with Gasteiger partial charge in [-0.15, -0.1) is 0 Å². The van der Waals surface area contributed by atoms with E-state index in [0.717, 1.165) is 11.1 Å². The number of H-pyrrole nitrogens is 2. The van der Waals surface area contributed by atoms with Crippen molar-refractivity contribution >= 4 is 45.7 Å². The molecule has 4 aromatic carbocycles. The summed E-state index contributed by atoms with van der Waals surface area (Å²) in [6, 6.07) is 25.1. The van der Waals surface area contributed by atoms with Crippen molar-refractivity contribution in [1.82, 2.24) is 9.97 Å². The van der Waals surface area contributed by atoms with Crippen LogP contribution in [0.25, 0.3) is 21.8 Å². The SMILES string of the molecule is COC(=O)c1cc2c(C)c(C(=O)OCc3ccccc3)cc(OCCCOc3cc(C(=O)OCc4ccccc4)c(C)c4cc(C(=O)OC)[nH]c34)c2[nH]1. The molecule has 0 atom stereocenters. The van der Waals surface area contributed by atoms with Gasteiger partial charge in [-0.25, -0.2) is 19.2 Å². The Labute approximate surface area is 304 Å². The zero-order valence-electron chi connectivity index (χ0n) is 29.7. The number of nitrogens with one attached hydrogen (secondary N) is 2. The number of esters is 4. The summed E-state index contributed by atoms with van der Waals surface area (Å²) in [5.41, 5.74) is 4.92. The van der Waals surface area contributed by atoms with Gasteiger partial charge in [0.15, 0.2) is 0 Å². The topological polar surface area (TPSA) is 155 Å². The molecule has 0 aliphatic heterocycles. The number of hydrogen-bond donors (Lipinski definition) is 2. The van der Waals surface area contributed by atoms with Crippen LogP contribution in [0.4, 0.5) is 0 Å². The van der Waals surface area contributed by atoms with Crippen LogP contribution in [0, 0.1) is 13.8 Å². The minimum Gasteiger partial charge on any atom is -0.491 e. The van der Waals surface area contributed by atoms with E-state index in [2.05, 4.69) is 9.97 Å². The maximum atomic E-state index is 13.3. The summed E-state index contributed by atoms with van der Waals surface area (Å²) in [6.07, 6.45) is 0.376. The quantitative estimate of drug-likeness (QED) is 0.0661. The molecule has 0 radical (unpaired) electrons. The van der Waals surface area contributed by atoms with E-state index in [1.807, 2.05) is 60.7 Å². The molecule has 12 heteroatoms. The van der Waals surface area contributed by atoms with Crippen molar-refractivity contribution < 1.29 is 47.6 Å². The second-order valence-corrected chi connectivity index (χ2v) is 12.2. The number of fused-ring (bicyclic) bond motifs is 2. The van der Waals surface area contributed by atoms with Crippen molar-refractivity contribution in [2.75, 3.05) is 27.4 Å². The molecular weight excluding hydrogens is 680 g/mol. The number of hydrogen-bond acceptors (Lipinski definition) is 10. The summed E-state index contributed by atoms with van der Waals surface area (Å²) >= 11 is 0. The Morgan fingerprint density at radius 3 is 1.32 bits per heavy atom. The number of carbonyl (C=O) groups excluding carboxylic acids is 4. The molecule has 0 saturated heterocycles. The first-order valence-corrected chi connectivity index (χ1v) is 16.9. The molecule has 6 rings (SSSR count). The first-order chi connectivity index (χ1) is 25.7. The van der Waals surface area contributed by atoms with Crippen LogP contribution in [0.1, 0.15) is 70.4 Å². The number of benzene rings is 4. The fraction of sp³-hybridized carbons (Fsp3) is 0.220. The molecule has 0 bridgehead atoms. The Kier molecular flexibility index (Phi) is 11.1. The highest BCUT2D eigenvalue weighted by Gasteiger charge is 2.23. The lowest BCUT2D eigenvalue weighted by molar-refractivity contribution is 0.0463. The first-order valence-electron chi connectivity index (χ1n) is 16.9. The third-order valence-corrected chi connectivity index (χ3v) is 8.77. The largest absolute Gasteiger partial charge is 0.491 e. The molecule has 0 spiro atoms. The van der Waals surface area contributed by atoms with E-state index >= 15 is 0 Å². The minimum atomic E-state index is -0.569. The van der Waals surface area contributed by atoms with Gasteiger partial charge in [0.05, 0.1) is 49.6 Å². The van der Waals surface area contributed by atoms with Crippen molar-refractivity contribution in [3.8, 4) is 11.5 Å². The van der Waals surface area contributed by atoms with Crippen LogP contribution in [0.15, 0.2) is 84.9 Å². The Hall–Kier alpha value is -6.56. The summed E-state index contributed by atoms with van der Waals surface area (Å²) in [5.74, 6) is -1.55. The predicted octanol–water partition coefficient (Wildman–Crippen LogP) is 7.40. The molecule has 0 fully saturated rings. The second kappa shape index (κ2) is 16.2. The zero-order chi connectivity index (χ0) is 37.5. The van der Waals surface area contributed by atoms with Gasteiger partial charge in [-0.3, -0.25) is 0 Å². The van der Waals surface area contributed by atoms with Gasteiger partial charge >= 0.3 is 23.9 Å². The predicted molar refractivity (Wildman–Crippen MR) is 195 cm³/mol. The molecule has 2 heterocycles. The highest BCUT2D eigenvalue weighted by molar-refractivity contribution is 6.05. The maximum absolute atomic E-state index is 13.3. The normalized spacial score (nSPS) is 10.9. The number of aryl methyl sites for hydroxylation is 2. The zero-order valence-corrected chi connectivity index (χ0v) is 29.7. The molecule has 0 saturated carbocycles. The fourth-order valence-electron chi connectivity index (χ4n) is 5.92. The fourth-order valence-corrected chi connectivity index (χ4v) is 5.92. The smallest absolute Gasteiger partial charge is 0.354 e. The van der Waals surface area contributed by atoms with E-state index in [-0.39, 0.29) is 48.9 Å². The number of aromatic nitrogens is 2. The summed E-state index contributed by atoms with van der Waals surface area (Å²) in [4.78, 5) is 57.5. The summed E-state index contributed by atoms with van der Waals surface area (Å²) in [7, 11) is 2.57. The van der Waals surface area contributed by atoms with Gasteiger partial charge in [0.25, 0.3) is 0 Å². The molecular formula is C41H38N2O10. The van der Waals surface area contributed by atoms with Crippen molar-refractivity contribution in [2.45, 2.75) is 33.5 Å². The van der Waals surface area contributed by atoms with E-state index in [1.165, 1.54) is 14.2 Å². The van der Waals surface area contributed by atoms with Crippen LogP contribution in [-0.2, 0) is 32.2 Å². The number of methoxy groups -OCH3 is 2. The number of aromatic amines is 2. The molecule has 0 amide bonds. The van der Waals surface area contributed by atoms with E-state index in [0.29, 0.717) is 50.9 Å². The molecule has 0 aliphatic rings. The van der Waals surface area contributed by atoms with Crippen LogP contribution in [0.3, 0.4) is 0 Å². The van der Waals surface area contributed by atoms with E-state index in [4.69, 9.17) is 28.4 Å². The van der Waals surface area contributed by atoms with E-state index in [1.54, 1.807) is 38.1 Å². The lowest BCUT2D eigenvalue weighted by Gasteiger charge is -2.14. The molecule has 6 aromatic rings. The monoisotopic (exact) mass is 718 g/mol. The average Bonchev–Trinajstić information content (AvgIpc) is 3.85. The molecule has 2 N–H and O–H groups in total. The second-order valence-electron chi connectivity index (χ2n) is 12.2. The summed E-state index contributed by atoms with van der Waals surface area (Å²) < 4.78 is 33.4. The number of rotatable bonds is 14. The van der Waals surface area contributed by atoms with Crippen LogP contribution in [0.5, 0.6) is 11.5 Å². The van der Waals surface area contributed by atoms with Gasteiger partial charge in [-0.2, -0.15) is 0 Å². The lowest BCUT2D eigenvalue weighted by atomic mass is 10.0. The van der Waals surface area contributed by atoms with Gasteiger partial charge in [-0.1, -0.05) is 60.7 Å². The minimum absolute atomic E-state index is 0.0892. The van der Waals surface area contributed by atoms with Crippen molar-refractivity contribution in [2.24, 2.45) is 0 Å². The molecule has 2 aromatic heterocycles. The lowest BCUT2D eigenvalue weighted by Crippen LogP contribution is -2.10. The summed E-state index contributed by atoms with van der Waals surface area (Å²) in [6.45, 7) is 4.03. The Morgan fingerprint density at radius 1 is 0.547 bits per heavy atom. The highest BCUT2D eigenvalue weighted by atomic mass is 16.5. The van der Waals surface area contributed by atoms with Gasteiger partial charge < -0.3 is 38.4 Å². The van der Waals surface area contributed by atoms with Crippen molar-refractivity contribution in [3.63, 3.8) is 0 Å². The van der Waals surface area contributed by atoms with Crippen molar-refractivity contribution in [3.05, 3.63) is 130 Å². The number of carbonyl (C=O) groups is 4. The number of ether oxygens (including phenoxy) is 6. The third kappa shape index (κ3) is 8.01. The Bertz CT molecular complexity index is 2130. The van der Waals surface area contributed by atoms with Gasteiger partial charge in [0.1, 0.15) is 36.1 Å². The average molecular weight is 719 g/mol. The van der Waals surface area contributed by atoms with Gasteiger partial charge in [0.2, 0.25) is 0 Å². The summed E-state index contributed by atoms with van der Waals surface area (Å²) in [5, 5.41) is 1.21. The molecule has 0 aliphatic carbocycles. The maximum Gasteiger partial charge on any atom is 0.354 e. The first kappa shape index (κ1) is 36.2. The Balaban J connectivity index is 1.20. The molecule has 272 valence electrons. The highest BCUT2D eigenvalue weighted by Crippen LogP contribution is 2.34. The van der Waals surface area contributed by atoms with Crippen LogP contribution in [0.2, 0.25) is 0 Å². The van der Waals surface area contributed by atoms with Gasteiger partial charge in [0, 0.05) is 17.2 Å². The van der Waals surface area contributed by atoms with E-state index in [9.17, 15) is 19.2 Å². The standard InChI is InChI=1S/C41H38N2O10/c1-24-28-18-32(40(46)48-3)42-36(28)34(20-30(24)38(44)52-22-26-12-7-5-8-13-26)50-16-11-17-51-35-21-31(39(45)53-23-27-14-9-6-10-15-27)25(2)29-19-33(41(47)49-4)43-37(29)35/h5-10,12-15,18-21,42-43H,11,16-17,22-23H2,1-4H3. The van der Waals surface area contributed by atoms with E-state index < -0.39 is 23.9 Å². The van der Waals surface area contributed by atoms with Crippen molar-refractivity contribution in [1.29, 1.82) is 0 Å². The van der Waals surface area contributed by atoms with Crippen LogP contribution in [-0.4, -0.2) is 61.3 Å². The molecule has 12 nitrogen and oxygen atoms in total. The van der Waals surface area contributed by atoms with Crippen LogP contribution >= 0.6 is 0 Å². The van der Waals surface area contributed by atoms with Crippen LogP contribution < -0.4 is 9.47 Å².